The molecule has 3 aromatic carbocycles. The summed E-state index contributed by atoms with van der Waals surface area (Å²) >= 11 is 0. The summed E-state index contributed by atoms with van der Waals surface area (Å²) in [5.41, 5.74) is 0. The third-order valence-electron chi connectivity index (χ3n) is 2.64. The van der Waals surface area contributed by atoms with Crippen LogP contribution in [0.3, 0.4) is 0 Å². The summed E-state index contributed by atoms with van der Waals surface area (Å²) in [6, 6.07) is 26.4. The van der Waals surface area contributed by atoms with Crippen LogP contribution in [-0.4, -0.2) is 21.3 Å². The topological polar surface area (TPSA) is 18.5 Å². The van der Waals surface area contributed by atoms with Gasteiger partial charge in [-0.3, -0.25) is 0 Å². The molecule has 25 heavy (non-hydrogen) atoms. The zero-order valence-electron chi connectivity index (χ0n) is 16.8. The van der Waals surface area contributed by atoms with Crippen LogP contribution in [-0.2, 0) is 4.74 Å². The van der Waals surface area contributed by atoms with Gasteiger partial charge in [0.15, 0.2) is 0 Å². The summed E-state index contributed by atoms with van der Waals surface area (Å²) in [6.07, 6.45) is 0. The Balaban J connectivity index is 0. The minimum Gasteiger partial charge on any atom is -0.497 e. The first-order chi connectivity index (χ1) is 12.3. The lowest BCUT2D eigenvalue weighted by Crippen LogP contribution is -1.78. The second kappa shape index (κ2) is 19.7. The van der Waals surface area contributed by atoms with Gasteiger partial charge in [-0.2, -0.15) is 0 Å². The van der Waals surface area contributed by atoms with E-state index in [9.17, 15) is 0 Å². The van der Waals surface area contributed by atoms with Gasteiger partial charge in [0.05, 0.1) is 7.11 Å². The molecule has 0 fully saturated rings. The number of hydrogen-bond acceptors (Lipinski definition) is 2. The third kappa shape index (κ3) is 12.7. The average molecular weight is 343 g/mol. The Kier molecular flexibility index (Phi) is 19.7. The number of benzene rings is 3. The molecule has 0 unspecified atom stereocenters. The van der Waals surface area contributed by atoms with E-state index in [4.69, 9.17) is 4.74 Å². The van der Waals surface area contributed by atoms with Gasteiger partial charge in [-0.25, -0.2) is 0 Å². The van der Waals surface area contributed by atoms with Gasteiger partial charge in [-0.05, 0) is 22.9 Å². The molecule has 0 heterocycles. The average Bonchev–Trinajstić information content (AvgIpc) is 2.73. The summed E-state index contributed by atoms with van der Waals surface area (Å²) < 4.78 is 9.16. The van der Waals surface area contributed by atoms with E-state index in [1.54, 1.807) is 21.3 Å². The van der Waals surface area contributed by atoms with Crippen molar-refractivity contribution in [1.29, 1.82) is 0 Å². The van der Waals surface area contributed by atoms with Crippen molar-refractivity contribution in [2.24, 2.45) is 0 Å². The van der Waals surface area contributed by atoms with Crippen LogP contribution < -0.4 is 4.74 Å². The highest BCUT2D eigenvalue weighted by molar-refractivity contribution is 5.81. The molecule has 0 aliphatic carbocycles. The highest BCUT2D eigenvalue weighted by atomic mass is 16.5. The summed E-state index contributed by atoms with van der Waals surface area (Å²) in [5.74, 6) is 0.910. The summed E-state index contributed by atoms with van der Waals surface area (Å²) in [5, 5.41) is 2.62. The molecule has 0 bridgehead atoms. The van der Waals surface area contributed by atoms with Crippen molar-refractivity contribution in [3.05, 3.63) is 78.9 Å². The molecule has 0 saturated heterocycles. The van der Waals surface area contributed by atoms with Gasteiger partial charge in [0.2, 0.25) is 0 Å². The van der Waals surface area contributed by atoms with Crippen molar-refractivity contribution in [2.45, 2.75) is 27.7 Å². The van der Waals surface area contributed by atoms with Gasteiger partial charge in [0.1, 0.15) is 5.75 Å². The maximum Gasteiger partial charge on any atom is 0.118 e. The van der Waals surface area contributed by atoms with Crippen molar-refractivity contribution in [2.75, 3.05) is 21.3 Å². The summed E-state index contributed by atoms with van der Waals surface area (Å²) in [7, 11) is 4.91. The smallest absolute Gasteiger partial charge is 0.118 e. The number of rotatable bonds is 1. The minimum absolute atomic E-state index is 0.910. The van der Waals surface area contributed by atoms with E-state index in [0.29, 0.717) is 0 Å². The van der Waals surface area contributed by atoms with E-state index < -0.39 is 0 Å². The first kappa shape index (κ1) is 24.9. The molecule has 0 aliphatic heterocycles. The van der Waals surface area contributed by atoms with Gasteiger partial charge >= 0.3 is 0 Å². The van der Waals surface area contributed by atoms with Crippen molar-refractivity contribution >= 4 is 10.8 Å². The summed E-state index contributed by atoms with van der Waals surface area (Å²) in [4.78, 5) is 0. The Morgan fingerprint density at radius 3 is 1.00 bits per heavy atom. The van der Waals surface area contributed by atoms with E-state index in [1.165, 1.54) is 10.8 Å². The second-order valence-corrected chi connectivity index (χ2v) is 4.27. The molecular formula is C23H34O2. The molecule has 2 nitrogen and oxygen atoms in total. The van der Waals surface area contributed by atoms with Crippen LogP contribution >= 0.6 is 0 Å². The van der Waals surface area contributed by atoms with Crippen molar-refractivity contribution in [1.82, 2.24) is 0 Å². The molecule has 0 N–H and O–H groups in total. The Labute approximate surface area is 154 Å². The van der Waals surface area contributed by atoms with E-state index in [1.807, 2.05) is 58.0 Å². The second-order valence-electron chi connectivity index (χ2n) is 4.27. The SMILES string of the molecule is CC.CC.COC.COc1ccccc1.c1ccc2ccccc2c1. The van der Waals surface area contributed by atoms with E-state index >= 15 is 0 Å². The quantitative estimate of drug-likeness (QED) is 0.481. The molecule has 0 atom stereocenters. The fourth-order valence-corrected chi connectivity index (χ4v) is 1.69. The highest BCUT2D eigenvalue weighted by Crippen LogP contribution is 2.11. The van der Waals surface area contributed by atoms with E-state index in [0.717, 1.165) is 5.75 Å². The van der Waals surface area contributed by atoms with Crippen LogP contribution in [0.25, 0.3) is 10.8 Å². The lowest BCUT2D eigenvalue weighted by Gasteiger charge is -1.93. The van der Waals surface area contributed by atoms with Gasteiger partial charge in [-0.1, -0.05) is 94.4 Å². The molecule has 0 spiro atoms. The number of para-hydroxylation sites is 1. The third-order valence-corrected chi connectivity index (χ3v) is 2.64. The molecule has 2 heteroatoms. The fourth-order valence-electron chi connectivity index (χ4n) is 1.69. The fraction of sp³-hybridized carbons (Fsp3) is 0.304. The maximum atomic E-state index is 4.91. The van der Waals surface area contributed by atoms with Crippen LogP contribution in [0.5, 0.6) is 5.75 Å². The van der Waals surface area contributed by atoms with Crippen molar-refractivity contribution < 1.29 is 9.47 Å². The molecular weight excluding hydrogens is 308 g/mol. The number of hydrogen-bond donors (Lipinski definition) is 0. The first-order valence-electron chi connectivity index (χ1n) is 8.74. The van der Waals surface area contributed by atoms with Crippen LogP contribution in [0.4, 0.5) is 0 Å². The number of methoxy groups -OCH3 is 2. The van der Waals surface area contributed by atoms with Crippen LogP contribution in [0.15, 0.2) is 78.9 Å². The Morgan fingerprint density at radius 1 is 0.480 bits per heavy atom. The van der Waals surface area contributed by atoms with Gasteiger partial charge in [0, 0.05) is 14.2 Å². The lowest BCUT2D eigenvalue weighted by molar-refractivity contribution is 0.277. The molecule has 0 aliphatic rings. The molecule has 138 valence electrons. The standard InChI is InChI=1S/C10H8.C7H8O.C2H6O.2C2H6/c1-2-6-10-8-4-3-7-9(10)5-1;1-8-7-5-3-2-4-6-7;1-3-2;2*1-2/h1-8H;2-6H,1H3;1-2H3;2*1-2H3. The van der Waals surface area contributed by atoms with Crippen molar-refractivity contribution in [3.63, 3.8) is 0 Å². The van der Waals surface area contributed by atoms with E-state index in [-0.39, 0.29) is 0 Å². The maximum absolute atomic E-state index is 4.91. The molecule has 0 amide bonds. The predicted molar refractivity (Wildman–Crippen MR) is 113 cm³/mol. The van der Waals surface area contributed by atoms with Gasteiger partial charge in [-0.15, -0.1) is 0 Å². The van der Waals surface area contributed by atoms with E-state index in [2.05, 4.69) is 53.3 Å². The van der Waals surface area contributed by atoms with Crippen LogP contribution in [0, 0.1) is 0 Å². The molecule has 3 aromatic rings. The van der Waals surface area contributed by atoms with Gasteiger partial charge < -0.3 is 9.47 Å². The molecule has 0 aromatic heterocycles. The van der Waals surface area contributed by atoms with Crippen LogP contribution in [0.1, 0.15) is 27.7 Å². The molecule has 3 rings (SSSR count). The van der Waals surface area contributed by atoms with Crippen molar-refractivity contribution in [3.8, 4) is 5.75 Å². The lowest BCUT2D eigenvalue weighted by atomic mass is 10.1. The number of ether oxygens (including phenoxy) is 2. The van der Waals surface area contributed by atoms with Crippen LogP contribution in [0.2, 0.25) is 0 Å². The van der Waals surface area contributed by atoms with Gasteiger partial charge in [0.25, 0.3) is 0 Å². The largest absolute Gasteiger partial charge is 0.497 e. The number of fused-ring (bicyclic) bond motifs is 1. The first-order valence-corrected chi connectivity index (χ1v) is 8.74. The Hall–Kier alpha value is -2.32. The Morgan fingerprint density at radius 2 is 0.760 bits per heavy atom. The highest BCUT2D eigenvalue weighted by Gasteiger charge is 1.85. The Bertz CT molecular complexity index is 541. The normalized spacial score (nSPS) is 7.96. The predicted octanol–water partition coefficient (Wildman–Crippen LogP) is 6.85. The molecule has 0 saturated carbocycles. The zero-order chi connectivity index (χ0) is 19.3. The molecule has 0 radical (unpaired) electrons. The minimum atomic E-state index is 0.910. The monoisotopic (exact) mass is 342 g/mol. The summed E-state index contributed by atoms with van der Waals surface area (Å²) in [6.45, 7) is 8.00. The zero-order valence-corrected chi connectivity index (χ0v) is 16.8.